The van der Waals surface area contributed by atoms with E-state index in [0.29, 0.717) is 29.1 Å². The Morgan fingerprint density at radius 1 is 1.33 bits per heavy atom. The van der Waals surface area contributed by atoms with Gasteiger partial charge in [0.25, 0.3) is 0 Å². The zero-order valence-electron chi connectivity index (χ0n) is 13.2. The third-order valence-electron chi connectivity index (χ3n) is 4.06. The highest BCUT2D eigenvalue weighted by atomic mass is 32.2. The number of rotatable bonds is 6. The molecule has 1 aliphatic rings. The van der Waals surface area contributed by atoms with Crippen molar-refractivity contribution in [3.8, 4) is 0 Å². The maximum atomic E-state index is 10.3. The molecule has 5 atom stereocenters. The minimum absolute atomic E-state index is 0.243. The van der Waals surface area contributed by atoms with Crippen LogP contribution in [0.15, 0.2) is 12.7 Å². The summed E-state index contributed by atoms with van der Waals surface area (Å²) in [5.41, 5.74) is 6.62. The fourth-order valence-corrected chi connectivity index (χ4v) is 3.74. The van der Waals surface area contributed by atoms with E-state index in [9.17, 15) is 15.3 Å². The van der Waals surface area contributed by atoms with Crippen molar-refractivity contribution in [2.75, 3.05) is 17.2 Å². The van der Waals surface area contributed by atoms with Gasteiger partial charge in [0.05, 0.1) is 18.5 Å². The monoisotopic (exact) mass is 355 g/mol. The second kappa shape index (κ2) is 7.19. The number of fused-ring (bicyclic) bond motifs is 1. The minimum Gasteiger partial charge on any atom is -0.392 e. The molecule has 1 aliphatic heterocycles. The summed E-state index contributed by atoms with van der Waals surface area (Å²) in [6.07, 6.45) is -0.421. The summed E-state index contributed by atoms with van der Waals surface area (Å²) in [5, 5.41) is 30.1. The first kappa shape index (κ1) is 17.4. The van der Waals surface area contributed by atoms with Crippen LogP contribution in [0.1, 0.15) is 19.6 Å². The van der Waals surface area contributed by atoms with Crippen molar-refractivity contribution in [3.05, 3.63) is 12.7 Å². The molecule has 3 rings (SSSR count). The van der Waals surface area contributed by atoms with Crippen molar-refractivity contribution in [2.24, 2.45) is 0 Å². The number of imidazole rings is 1. The Kier molecular flexibility index (Phi) is 5.21. The van der Waals surface area contributed by atoms with Gasteiger partial charge >= 0.3 is 0 Å². The van der Waals surface area contributed by atoms with Gasteiger partial charge in [0, 0.05) is 11.5 Å². The molecule has 24 heavy (non-hydrogen) atoms. The highest BCUT2D eigenvalue weighted by molar-refractivity contribution is 7.99. The van der Waals surface area contributed by atoms with Gasteiger partial charge in [-0.2, -0.15) is 11.8 Å². The maximum Gasteiger partial charge on any atom is 0.167 e. The Morgan fingerprint density at radius 2 is 2.12 bits per heavy atom. The van der Waals surface area contributed by atoms with E-state index in [1.165, 1.54) is 24.4 Å². The van der Waals surface area contributed by atoms with Crippen molar-refractivity contribution in [3.63, 3.8) is 0 Å². The standard InChI is InChI=1S/C14H21N5O4S/c1-2-7(20)3-24-4-8-10(21)11(22)14(23-8)19-6-18-9-12(15)16-5-17-13(9)19/h5-8,10-11,14,20-22H,2-4H2,1H3,(H2,15,16,17)/t7?,8-,10-,11-,14-/m1/s1. The molecule has 0 spiro atoms. The minimum atomic E-state index is -1.11. The van der Waals surface area contributed by atoms with E-state index in [1.807, 2.05) is 6.92 Å². The SMILES string of the molecule is CCC(O)CSC[C@H]1O[C@@H](n2cnc3c(N)ncnc32)[C@H](O)[C@@H]1O. The molecule has 132 valence electrons. The first-order valence-corrected chi connectivity index (χ1v) is 8.88. The number of hydrogen-bond donors (Lipinski definition) is 4. The van der Waals surface area contributed by atoms with E-state index in [0.717, 1.165) is 0 Å². The van der Waals surface area contributed by atoms with E-state index in [1.54, 1.807) is 4.57 Å². The zero-order valence-corrected chi connectivity index (χ0v) is 14.0. The van der Waals surface area contributed by atoms with Crippen LogP contribution in [0, 0.1) is 0 Å². The smallest absolute Gasteiger partial charge is 0.167 e. The van der Waals surface area contributed by atoms with Crippen LogP contribution in [0.5, 0.6) is 0 Å². The number of nitrogens with two attached hydrogens (primary N) is 1. The van der Waals surface area contributed by atoms with Gasteiger partial charge in [0.15, 0.2) is 17.7 Å². The van der Waals surface area contributed by atoms with Gasteiger partial charge in [-0.3, -0.25) is 4.57 Å². The second-order valence-electron chi connectivity index (χ2n) is 5.73. The molecule has 0 radical (unpaired) electrons. The van der Waals surface area contributed by atoms with Crippen molar-refractivity contribution in [2.45, 2.75) is 44.0 Å². The average molecular weight is 355 g/mol. The lowest BCUT2D eigenvalue weighted by Crippen LogP contribution is -2.32. The third-order valence-corrected chi connectivity index (χ3v) is 5.25. The second-order valence-corrected chi connectivity index (χ2v) is 6.80. The predicted molar refractivity (Wildman–Crippen MR) is 89.3 cm³/mol. The van der Waals surface area contributed by atoms with Crippen LogP contribution in [0.4, 0.5) is 5.82 Å². The van der Waals surface area contributed by atoms with Gasteiger partial charge in [-0.25, -0.2) is 15.0 Å². The molecule has 0 aromatic carbocycles. The van der Waals surface area contributed by atoms with Crippen molar-refractivity contribution in [1.29, 1.82) is 0 Å². The molecule has 10 heteroatoms. The number of thioether (sulfide) groups is 1. The molecule has 1 saturated heterocycles. The van der Waals surface area contributed by atoms with Crippen LogP contribution in [-0.4, -0.2) is 70.8 Å². The van der Waals surface area contributed by atoms with Gasteiger partial charge < -0.3 is 25.8 Å². The normalized spacial score (nSPS) is 28.5. The number of nitrogens with zero attached hydrogens (tertiary/aromatic N) is 4. The summed E-state index contributed by atoms with van der Waals surface area (Å²) in [6.45, 7) is 1.91. The number of aliphatic hydroxyl groups is 3. The molecular weight excluding hydrogens is 334 g/mol. The Hall–Kier alpha value is -1.46. The van der Waals surface area contributed by atoms with Crippen molar-refractivity contribution < 1.29 is 20.1 Å². The maximum absolute atomic E-state index is 10.3. The number of nitrogen functional groups attached to an aromatic ring is 1. The molecule has 0 aliphatic carbocycles. The summed E-state index contributed by atoms with van der Waals surface area (Å²) >= 11 is 1.48. The first-order valence-electron chi connectivity index (χ1n) is 7.73. The lowest BCUT2D eigenvalue weighted by molar-refractivity contribution is -0.0289. The summed E-state index contributed by atoms with van der Waals surface area (Å²) in [7, 11) is 0. The highest BCUT2D eigenvalue weighted by Gasteiger charge is 2.44. The molecule has 0 bridgehead atoms. The lowest BCUT2D eigenvalue weighted by Gasteiger charge is -2.16. The number of aliphatic hydroxyl groups excluding tert-OH is 3. The van der Waals surface area contributed by atoms with Crippen LogP contribution in [-0.2, 0) is 4.74 Å². The van der Waals surface area contributed by atoms with E-state index in [4.69, 9.17) is 10.5 Å². The molecule has 1 unspecified atom stereocenters. The Bertz CT molecular complexity index is 699. The predicted octanol–water partition coefficient (Wildman–Crippen LogP) is -0.468. The Labute approximate surface area is 142 Å². The fourth-order valence-electron chi connectivity index (χ4n) is 2.59. The fraction of sp³-hybridized carbons (Fsp3) is 0.643. The number of ether oxygens (including phenoxy) is 1. The van der Waals surface area contributed by atoms with Crippen molar-refractivity contribution in [1.82, 2.24) is 19.5 Å². The Balaban J connectivity index is 1.73. The lowest BCUT2D eigenvalue weighted by atomic mass is 10.1. The number of aromatic nitrogens is 4. The summed E-state index contributed by atoms with van der Waals surface area (Å²) in [4.78, 5) is 12.1. The highest BCUT2D eigenvalue weighted by Crippen LogP contribution is 2.33. The van der Waals surface area contributed by atoms with Gasteiger partial charge in [0.1, 0.15) is 24.1 Å². The third kappa shape index (κ3) is 3.20. The Morgan fingerprint density at radius 3 is 2.88 bits per heavy atom. The zero-order chi connectivity index (χ0) is 17.3. The molecule has 1 fully saturated rings. The van der Waals surface area contributed by atoms with Crippen molar-refractivity contribution >= 4 is 28.7 Å². The molecular formula is C14H21N5O4S. The van der Waals surface area contributed by atoms with Gasteiger partial charge in [-0.05, 0) is 6.42 Å². The molecule has 2 aromatic rings. The summed E-state index contributed by atoms with van der Waals surface area (Å²) in [6, 6.07) is 0. The van der Waals surface area contributed by atoms with E-state index < -0.39 is 24.5 Å². The van der Waals surface area contributed by atoms with Gasteiger partial charge in [0.2, 0.25) is 0 Å². The molecule has 9 nitrogen and oxygen atoms in total. The average Bonchev–Trinajstić information content (AvgIpc) is 3.12. The van der Waals surface area contributed by atoms with E-state index >= 15 is 0 Å². The summed E-state index contributed by atoms with van der Waals surface area (Å²) in [5.74, 6) is 1.27. The molecule has 2 aromatic heterocycles. The quantitative estimate of drug-likeness (QED) is 0.541. The number of hydrogen-bond acceptors (Lipinski definition) is 9. The molecule has 0 amide bonds. The van der Waals surface area contributed by atoms with Crippen LogP contribution in [0.2, 0.25) is 0 Å². The summed E-state index contributed by atoms with van der Waals surface area (Å²) < 4.78 is 7.36. The van der Waals surface area contributed by atoms with Crippen LogP contribution in [0.3, 0.4) is 0 Å². The van der Waals surface area contributed by atoms with E-state index in [-0.39, 0.29) is 11.9 Å². The largest absolute Gasteiger partial charge is 0.392 e. The molecule has 5 N–H and O–H groups in total. The molecule has 3 heterocycles. The molecule has 0 saturated carbocycles. The topological polar surface area (TPSA) is 140 Å². The van der Waals surface area contributed by atoms with Crippen LogP contribution in [0.25, 0.3) is 11.2 Å². The number of anilines is 1. The van der Waals surface area contributed by atoms with Gasteiger partial charge in [-0.15, -0.1) is 0 Å². The van der Waals surface area contributed by atoms with Gasteiger partial charge in [-0.1, -0.05) is 6.92 Å². The van der Waals surface area contributed by atoms with Crippen LogP contribution < -0.4 is 5.73 Å². The van der Waals surface area contributed by atoms with E-state index in [2.05, 4.69) is 15.0 Å². The first-order chi connectivity index (χ1) is 11.5. The van der Waals surface area contributed by atoms with Crippen LogP contribution >= 0.6 is 11.8 Å².